The highest BCUT2D eigenvalue weighted by Crippen LogP contribution is 2.32. The van der Waals surface area contributed by atoms with Crippen LogP contribution < -0.4 is 11.1 Å². The molecule has 0 radical (unpaired) electrons. The Morgan fingerprint density at radius 2 is 2.12 bits per heavy atom. The van der Waals surface area contributed by atoms with Gasteiger partial charge in [-0.3, -0.25) is 0 Å². The lowest BCUT2D eigenvalue weighted by Crippen LogP contribution is -2.35. The Labute approximate surface area is 145 Å². The molecule has 2 atom stereocenters. The highest BCUT2D eigenvalue weighted by Gasteiger charge is 2.20. The van der Waals surface area contributed by atoms with Gasteiger partial charge in [0.15, 0.2) is 0 Å². The third kappa shape index (κ3) is 2.97. The predicted molar refractivity (Wildman–Crippen MR) is 98.2 cm³/mol. The number of fused-ring (bicyclic) bond motifs is 1. The molecule has 0 amide bonds. The summed E-state index contributed by atoms with van der Waals surface area (Å²) in [5.74, 6) is 0.610. The smallest absolute Gasteiger partial charge is 0.223 e. The molecule has 2 aromatic heterocycles. The van der Waals surface area contributed by atoms with Crippen LogP contribution in [0.3, 0.4) is 0 Å². The van der Waals surface area contributed by atoms with Crippen molar-refractivity contribution in [1.82, 2.24) is 15.0 Å². The third-order valence-electron chi connectivity index (χ3n) is 4.64. The fourth-order valence-corrected chi connectivity index (χ4v) is 3.63. The Morgan fingerprint density at radius 3 is 3.00 bits per heavy atom. The van der Waals surface area contributed by atoms with Crippen molar-refractivity contribution in [2.45, 2.75) is 37.8 Å². The van der Waals surface area contributed by atoms with E-state index in [4.69, 9.17) is 17.3 Å². The van der Waals surface area contributed by atoms with E-state index in [9.17, 15) is 0 Å². The third-order valence-corrected chi connectivity index (χ3v) is 4.91. The van der Waals surface area contributed by atoms with Gasteiger partial charge < -0.3 is 16.0 Å². The highest BCUT2D eigenvalue weighted by atomic mass is 35.5. The van der Waals surface area contributed by atoms with E-state index in [-0.39, 0.29) is 6.04 Å². The van der Waals surface area contributed by atoms with E-state index in [1.165, 1.54) is 0 Å². The Bertz CT molecular complexity index is 859. The maximum Gasteiger partial charge on any atom is 0.223 e. The predicted octanol–water partition coefficient (Wildman–Crippen LogP) is 3.96. The zero-order valence-corrected chi connectivity index (χ0v) is 14.1. The van der Waals surface area contributed by atoms with Crippen molar-refractivity contribution in [3.8, 4) is 11.3 Å². The second-order valence-electron chi connectivity index (χ2n) is 6.41. The molecule has 0 aliphatic heterocycles. The lowest BCUT2D eigenvalue weighted by molar-refractivity contribution is 0.408. The number of H-pyrrole nitrogens is 1. The summed E-state index contributed by atoms with van der Waals surface area (Å²) in [4.78, 5) is 12.3. The minimum atomic E-state index is 0.261. The number of hydrogen-bond donors (Lipinski definition) is 3. The molecule has 0 spiro atoms. The Balaban J connectivity index is 1.66. The van der Waals surface area contributed by atoms with Crippen LogP contribution >= 0.6 is 11.6 Å². The van der Waals surface area contributed by atoms with Gasteiger partial charge in [0.25, 0.3) is 0 Å². The molecule has 3 aromatic rings. The molecule has 0 saturated heterocycles. The number of nitrogens with one attached hydrogen (secondary N) is 2. The fraction of sp³-hybridized carbons (Fsp3) is 0.333. The monoisotopic (exact) mass is 341 g/mol. The quantitative estimate of drug-likeness (QED) is 0.673. The van der Waals surface area contributed by atoms with Crippen molar-refractivity contribution in [1.29, 1.82) is 0 Å². The van der Waals surface area contributed by atoms with E-state index >= 15 is 0 Å². The van der Waals surface area contributed by atoms with Crippen molar-refractivity contribution in [3.05, 3.63) is 41.7 Å². The summed E-state index contributed by atoms with van der Waals surface area (Å²) in [6.07, 6.45) is 7.90. The normalized spacial score (nSPS) is 21.1. The van der Waals surface area contributed by atoms with Crippen LogP contribution in [0, 0.1) is 0 Å². The number of hydrogen-bond acceptors (Lipinski definition) is 4. The summed E-state index contributed by atoms with van der Waals surface area (Å²) >= 11 is 6.37. The topological polar surface area (TPSA) is 79.6 Å². The van der Waals surface area contributed by atoms with Gasteiger partial charge >= 0.3 is 0 Å². The number of rotatable bonds is 3. The molecular weight excluding hydrogens is 322 g/mol. The first kappa shape index (κ1) is 15.4. The molecule has 1 fully saturated rings. The van der Waals surface area contributed by atoms with Crippen molar-refractivity contribution in [2.24, 2.45) is 5.73 Å². The number of anilines is 1. The summed E-state index contributed by atoms with van der Waals surface area (Å²) in [7, 11) is 0. The van der Waals surface area contributed by atoms with Crippen LogP contribution in [0.25, 0.3) is 22.2 Å². The van der Waals surface area contributed by atoms with Gasteiger partial charge in [-0.15, -0.1) is 0 Å². The van der Waals surface area contributed by atoms with Gasteiger partial charge in [0, 0.05) is 34.7 Å². The summed E-state index contributed by atoms with van der Waals surface area (Å²) in [5.41, 5.74) is 8.86. The van der Waals surface area contributed by atoms with Crippen LogP contribution in [0.5, 0.6) is 0 Å². The van der Waals surface area contributed by atoms with E-state index in [0.29, 0.717) is 17.0 Å². The largest absolute Gasteiger partial charge is 0.360 e. The van der Waals surface area contributed by atoms with Gasteiger partial charge in [0.05, 0.1) is 16.9 Å². The first-order valence-electron chi connectivity index (χ1n) is 8.32. The maximum atomic E-state index is 6.37. The van der Waals surface area contributed by atoms with E-state index in [1.807, 2.05) is 24.4 Å². The molecule has 0 bridgehead atoms. The van der Waals surface area contributed by atoms with Crippen LogP contribution in [-0.2, 0) is 0 Å². The number of benzene rings is 1. The fourth-order valence-electron chi connectivity index (χ4n) is 3.43. The molecule has 4 N–H and O–H groups in total. The van der Waals surface area contributed by atoms with E-state index < -0.39 is 0 Å². The SMILES string of the molecule is NC1CCCC(Nc2ncc(Cl)c(-c3c[nH]c4ccccc34)n2)C1. The van der Waals surface area contributed by atoms with Crippen LogP contribution in [0.4, 0.5) is 5.95 Å². The maximum absolute atomic E-state index is 6.37. The molecule has 5 nitrogen and oxygen atoms in total. The zero-order chi connectivity index (χ0) is 16.5. The van der Waals surface area contributed by atoms with E-state index in [0.717, 1.165) is 47.8 Å². The van der Waals surface area contributed by atoms with Crippen molar-refractivity contribution >= 4 is 28.5 Å². The molecule has 1 aliphatic rings. The van der Waals surface area contributed by atoms with Crippen LogP contribution in [-0.4, -0.2) is 27.0 Å². The molecule has 2 heterocycles. The lowest BCUT2D eigenvalue weighted by Gasteiger charge is -2.27. The average molecular weight is 342 g/mol. The second-order valence-corrected chi connectivity index (χ2v) is 6.81. The van der Waals surface area contributed by atoms with Crippen molar-refractivity contribution in [3.63, 3.8) is 0 Å². The minimum absolute atomic E-state index is 0.261. The summed E-state index contributed by atoms with van der Waals surface area (Å²) in [6.45, 7) is 0. The first-order chi connectivity index (χ1) is 11.7. The second kappa shape index (κ2) is 6.42. The molecule has 24 heavy (non-hydrogen) atoms. The Morgan fingerprint density at radius 1 is 1.25 bits per heavy atom. The molecule has 1 saturated carbocycles. The van der Waals surface area contributed by atoms with E-state index in [2.05, 4.69) is 26.3 Å². The van der Waals surface area contributed by atoms with Gasteiger partial charge in [0.2, 0.25) is 5.95 Å². The first-order valence-corrected chi connectivity index (χ1v) is 8.69. The lowest BCUT2D eigenvalue weighted by atomic mass is 9.92. The van der Waals surface area contributed by atoms with Crippen molar-refractivity contribution in [2.75, 3.05) is 5.32 Å². The van der Waals surface area contributed by atoms with Gasteiger partial charge in [-0.05, 0) is 31.7 Å². The van der Waals surface area contributed by atoms with Gasteiger partial charge in [-0.1, -0.05) is 29.8 Å². The van der Waals surface area contributed by atoms with Crippen molar-refractivity contribution < 1.29 is 0 Å². The number of halogens is 1. The molecular formula is C18H20ClN5. The van der Waals surface area contributed by atoms with Gasteiger partial charge in [0.1, 0.15) is 0 Å². The number of para-hydroxylation sites is 1. The Hall–Kier alpha value is -2.11. The standard InChI is InChI=1S/C18H20ClN5/c19-15-10-22-18(23-12-5-3-4-11(20)8-12)24-17(15)14-9-21-16-7-2-1-6-13(14)16/h1-2,6-7,9-12,21H,3-5,8,20H2,(H,22,23,24). The minimum Gasteiger partial charge on any atom is -0.360 e. The molecule has 6 heteroatoms. The molecule has 1 aliphatic carbocycles. The van der Waals surface area contributed by atoms with Gasteiger partial charge in [-0.25, -0.2) is 9.97 Å². The molecule has 1 aromatic carbocycles. The number of aromatic nitrogens is 3. The van der Waals surface area contributed by atoms with Crippen LogP contribution in [0.2, 0.25) is 5.02 Å². The highest BCUT2D eigenvalue weighted by molar-refractivity contribution is 6.33. The average Bonchev–Trinajstić information content (AvgIpc) is 3.01. The Kier molecular flexibility index (Phi) is 4.12. The van der Waals surface area contributed by atoms with Crippen LogP contribution in [0.1, 0.15) is 25.7 Å². The number of nitrogens with zero attached hydrogens (tertiary/aromatic N) is 2. The summed E-state index contributed by atoms with van der Waals surface area (Å²) in [6, 6.07) is 8.70. The van der Waals surface area contributed by atoms with Gasteiger partial charge in [-0.2, -0.15) is 0 Å². The van der Waals surface area contributed by atoms with E-state index in [1.54, 1.807) is 6.20 Å². The number of aromatic amines is 1. The summed E-state index contributed by atoms with van der Waals surface area (Å²) in [5, 5.41) is 5.07. The zero-order valence-electron chi connectivity index (χ0n) is 13.3. The summed E-state index contributed by atoms with van der Waals surface area (Å²) < 4.78 is 0. The number of nitrogens with two attached hydrogens (primary N) is 1. The molecule has 2 unspecified atom stereocenters. The molecule has 124 valence electrons. The van der Waals surface area contributed by atoms with Crippen LogP contribution in [0.15, 0.2) is 36.7 Å². The molecule has 4 rings (SSSR count).